The van der Waals surface area contributed by atoms with Crippen molar-refractivity contribution in [1.82, 2.24) is 4.90 Å². The summed E-state index contributed by atoms with van der Waals surface area (Å²) in [5.41, 5.74) is 10.3. The Bertz CT molecular complexity index is 1140. The molecule has 0 spiro atoms. The van der Waals surface area contributed by atoms with E-state index in [9.17, 15) is 9.50 Å². The van der Waals surface area contributed by atoms with Gasteiger partial charge in [0.2, 0.25) is 0 Å². The maximum Gasteiger partial charge on any atom is 0.0906 e. The lowest BCUT2D eigenvalue weighted by Crippen LogP contribution is -2.47. The van der Waals surface area contributed by atoms with Crippen molar-refractivity contribution in [2.75, 3.05) is 26.3 Å². The molecule has 0 atom stereocenters. The maximum atomic E-state index is 12.4. The average molecular weight is 456 g/mol. The molecule has 0 saturated carbocycles. The van der Waals surface area contributed by atoms with E-state index >= 15 is 0 Å². The predicted molar refractivity (Wildman–Crippen MR) is 138 cm³/mol. The summed E-state index contributed by atoms with van der Waals surface area (Å²) in [5, 5.41) is 9.71. The first-order valence-electron chi connectivity index (χ1n) is 12.6. The highest BCUT2D eigenvalue weighted by molar-refractivity contribution is 5.99. The second kappa shape index (κ2) is 10.7. The number of aliphatic hydroxyl groups excluding tert-OH is 1. The van der Waals surface area contributed by atoms with Crippen LogP contribution in [0, 0.1) is 5.92 Å². The van der Waals surface area contributed by atoms with Gasteiger partial charge in [0.25, 0.3) is 0 Å². The van der Waals surface area contributed by atoms with E-state index in [2.05, 4.69) is 71.6 Å². The SMILES string of the molecule is OCc1cccc(C2=C(c3ccc(CC4CN(CCCF)C4)cc3)c3ccccc3CCC2)c1. The molecule has 0 amide bonds. The number of fused-ring (bicyclic) bond motifs is 1. The first kappa shape index (κ1) is 23.0. The Morgan fingerprint density at radius 1 is 0.853 bits per heavy atom. The Morgan fingerprint density at radius 3 is 2.47 bits per heavy atom. The molecule has 1 aliphatic heterocycles. The van der Waals surface area contributed by atoms with E-state index in [1.54, 1.807) is 0 Å². The van der Waals surface area contributed by atoms with E-state index in [0.29, 0.717) is 12.3 Å². The molecule has 1 aliphatic carbocycles. The zero-order valence-corrected chi connectivity index (χ0v) is 19.8. The van der Waals surface area contributed by atoms with Gasteiger partial charge in [-0.25, -0.2) is 0 Å². The van der Waals surface area contributed by atoms with Gasteiger partial charge in [-0.2, -0.15) is 0 Å². The molecule has 3 aromatic rings. The molecular weight excluding hydrogens is 421 g/mol. The van der Waals surface area contributed by atoms with Crippen LogP contribution in [0.25, 0.3) is 11.1 Å². The Labute approximate surface area is 202 Å². The minimum Gasteiger partial charge on any atom is -0.392 e. The molecule has 176 valence electrons. The summed E-state index contributed by atoms with van der Waals surface area (Å²) in [7, 11) is 0. The van der Waals surface area contributed by atoms with E-state index in [-0.39, 0.29) is 13.3 Å². The molecule has 3 heteroatoms. The van der Waals surface area contributed by atoms with Crippen molar-refractivity contribution in [2.45, 2.75) is 38.7 Å². The number of benzene rings is 3. The molecular formula is C31H34FNO. The summed E-state index contributed by atoms with van der Waals surface area (Å²) in [4.78, 5) is 2.36. The van der Waals surface area contributed by atoms with E-state index in [0.717, 1.165) is 50.9 Å². The monoisotopic (exact) mass is 455 g/mol. The second-order valence-corrected chi connectivity index (χ2v) is 9.79. The minimum absolute atomic E-state index is 0.0636. The fourth-order valence-corrected chi connectivity index (χ4v) is 5.61. The molecule has 34 heavy (non-hydrogen) atoms. The van der Waals surface area contributed by atoms with Crippen molar-refractivity contribution in [3.05, 3.63) is 106 Å². The number of hydrogen-bond donors (Lipinski definition) is 1. The van der Waals surface area contributed by atoms with Crippen molar-refractivity contribution < 1.29 is 9.50 Å². The summed E-state index contributed by atoms with van der Waals surface area (Å²) in [6.45, 7) is 2.92. The standard InChI is InChI=1S/C31H34FNO/c32-16-5-17-33-20-25(21-33)18-23-12-14-27(15-13-23)31-29-10-2-1-7-26(29)8-4-11-30(31)28-9-3-6-24(19-28)22-34/h1-3,6-7,9-10,12-15,19,25,34H,4-5,8,11,16-18,20-22H2. The molecule has 0 unspecified atom stereocenters. The minimum atomic E-state index is -0.214. The fraction of sp³-hybridized carbons (Fsp3) is 0.355. The van der Waals surface area contributed by atoms with Crippen molar-refractivity contribution >= 4 is 11.1 Å². The molecule has 0 radical (unpaired) electrons. The molecule has 1 saturated heterocycles. The van der Waals surface area contributed by atoms with Crippen LogP contribution in [-0.4, -0.2) is 36.3 Å². The average Bonchev–Trinajstić information content (AvgIpc) is 3.05. The van der Waals surface area contributed by atoms with Gasteiger partial charge in [-0.3, -0.25) is 4.39 Å². The normalized spacial score (nSPS) is 16.8. The highest BCUT2D eigenvalue weighted by Gasteiger charge is 2.26. The maximum absolute atomic E-state index is 12.4. The molecule has 1 fully saturated rings. The van der Waals surface area contributed by atoms with Crippen molar-refractivity contribution in [2.24, 2.45) is 5.92 Å². The quantitative estimate of drug-likeness (QED) is 0.430. The summed E-state index contributed by atoms with van der Waals surface area (Å²) in [5.74, 6) is 0.681. The Balaban J connectivity index is 1.45. The van der Waals surface area contributed by atoms with Gasteiger partial charge in [-0.1, -0.05) is 66.7 Å². The lowest BCUT2D eigenvalue weighted by Gasteiger charge is -2.39. The topological polar surface area (TPSA) is 23.5 Å². The summed E-state index contributed by atoms with van der Waals surface area (Å²) in [6.07, 6.45) is 4.98. The van der Waals surface area contributed by atoms with Gasteiger partial charge in [0, 0.05) is 19.6 Å². The van der Waals surface area contributed by atoms with Crippen LogP contribution < -0.4 is 0 Å². The molecule has 3 aromatic carbocycles. The van der Waals surface area contributed by atoms with Gasteiger partial charge in [-0.05, 0) is 88.6 Å². The van der Waals surface area contributed by atoms with E-state index in [1.807, 2.05) is 6.07 Å². The number of likely N-dealkylation sites (tertiary alicyclic amines) is 1. The molecule has 5 rings (SSSR count). The van der Waals surface area contributed by atoms with Crippen LogP contribution >= 0.6 is 0 Å². The predicted octanol–water partition coefficient (Wildman–Crippen LogP) is 6.31. The highest BCUT2D eigenvalue weighted by atomic mass is 19.1. The fourth-order valence-electron chi connectivity index (χ4n) is 5.61. The Kier molecular flexibility index (Phi) is 7.22. The number of rotatable bonds is 8. The number of aliphatic hydroxyl groups is 1. The second-order valence-electron chi connectivity index (χ2n) is 9.79. The van der Waals surface area contributed by atoms with Gasteiger partial charge < -0.3 is 10.0 Å². The van der Waals surface area contributed by atoms with Crippen molar-refractivity contribution in [3.8, 4) is 0 Å². The van der Waals surface area contributed by atoms with Crippen LogP contribution in [0.4, 0.5) is 4.39 Å². The molecule has 2 nitrogen and oxygen atoms in total. The zero-order chi connectivity index (χ0) is 23.3. The molecule has 1 N–H and O–H groups in total. The van der Waals surface area contributed by atoms with E-state index in [1.165, 1.54) is 39.0 Å². The largest absolute Gasteiger partial charge is 0.392 e. The van der Waals surface area contributed by atoms with Crippen LogP contribution in [0.15, 0.2) is 72.8 Å². The third kappa shape index (κ3) is 5.01. The van der Waals surface area contributed by atoms with Crippen LogP contribution in [0.3, 0.4) is 0 Å². The van der Waals surface area contributed by atoms with Crippen molar-refractivity contribution in [1.29, 1.82) is 0 Å². The van der Waals surface area contributed by atoms with Gasteiger partial charge in [-0.15, -0.1) is 0 Å². The van der Waals surface area contributed by atoms with Gasteiger partial charge in [0.1, 0.15) is 0 Å². The number of nitrogens with zero attached hydrogens (tertiary/aromatic N) is 1. The number of halogens is 1. The number of hydrogen-bond acceptors (Lipinski definition) is 2. The summed E-state index contributed by atoms with van der Waals surface area (Å²) >= 11 is 0. The summed E-state index contributed by atoms with van der Waals surface area (Å²) < 4.78 is 12.4. The molecule has 2 aliphatic rings. The lowest BCUT2D eigenvalue weighted by atomic mass is 9.86. The summed E-state index contributed by atoms with van der Waals surface area (Å²) in [6, 6.07) is 26.4. The first-order chi connectivity index (χ1) is 16.7. The Hall–Kier alpha value is -2.75. The smallest absolute Gasteiger partial charge is 0.0906 e. The number of aryl methyl sites for hydroxylation is 1. The van der Waals surface area contributed by atoms with E-state index < -0.39 is 0 Å². The highest BCUT2D eigenvalue weighted by Crippen LogP contribution is 2.40. The van der Waals surface area contributed by atoms with Crippen molar-refractivity contribution in [3.63, 3.8) is 0 Å². The molecule has 0 bridgehead atoms. The lowest BCUT2D eigenvalue weighted by molar-refractivity contribution is 0.0968. The number of alkyl halides is 1. The zero-order valence-electron chi connectivity index (χ0n) is 19.8. The van der Waals surface area contributed by atoms with Gasteiger partial charge >= 0.3 is 0 Å². The third-order valence-electron chi connectivity index (χ3n) is 7.33. The number of allylic oxidation sites excluding steroid dienone is 1. The molecule has 1 heterocycles. The van der Waals surface area contributed by atoms with Crippen LogP contribution in [0.1, 0.15) is 52.6 Å². The molecule has 0 aromatic heterocycles. The van der Waals surface area contributed by atoms with E-state index in [4.69, 9.17) is 0 Å². The van der Waals surface area contributed by atoms with Gasteiger partial charge in [0.05, 0.1) is 13.3 Å². The van der Waals surface area contributed by atoms with Crippen LogP contribution in [0.2, 0.25) is 0 Å². The van der Waals surface area contributed by atoms with Crippen LogP contribution in [-0.2, 0) is 19.4 Å². The first-order valence-corrected chi connectivity index (χ1v) is 12.6. The Morgan fingerprint density at radius 2 is 1.68 bits per heavy atom. The third-order valence-corrected chi connectivity index (χ3v) is 7.33. The van der Waals surface area contributed by atoms with Crippen LogP contribution in [0.5, 0.6) is 0 Å². The van der Waals surface area contributed by atoms with Gasteiger partial charge in [0.15, 0.2) is 0 Å².